The second-order valence-electron chi connectivity index (χ2n) is 4.61. The summed E-state index contributed by atoms with van der Waals surface area (Å²) in [6.45, 7) is 0.682. The molecule has 0 amide bonds. The predicted octanol–water partition coefficient (Wildman–Crippen LogP) is 5.79. The van der Waals surface area contributed by atoms with Crippen LogP contribution in [0.5, 0.6) is 5.75 Å². The van der Waals surface area contributed by atoms with E-state index in [1.165, 1.54) is 0 Å². The van der Waals surface area contributed by atoms with Crippen molar-refractivity contribution < 1.29 is 4.74 Å². The van der Waals surface area contributed by atoms with Gasteiger partial charge in [-0.2, -0.15) is 0 Å². The lowest BCUT2D eigenvalue weighted by Crippen LogP contribution is -1.98. The van der Waals surface area contributed by atoms with Crippen LogP contribution in [0.2, 0.25) is 5.02 Å². The van der Waals surface area contributed by atoms with Crippen LogP contribution >= 0.6 is 23.2 Å². The highest BCUT2D eigenvalue weighted by Crippen LogP contribution is 2.30. The lowest BCUT2D eigenvalue weighted by atomic mass is 10.1. The molecule has 3 heteroatoms. The van der Waals surface area contributed by atoms with E-state index in [1.807, 2.05) is 36.4 Å². The number of ether oxygens (including phenoxy) is 1. The summed E-state index contributed by atoms with van der Waals surface area (Å²) in [5.41, 5.74) is 2.26. The summed E-state index contributed by atoms with van der Waals surface area (Å²) >= 11 is 11.9. The van der Waals surface area contributed by atoms with Crippen molar-refractivity contribution in [2.24, 2.45) is 0 Å². The van der Waals surface area contributed by atoms with Crippen LogP contribution in [-0.4, -0.2) is 12.5 Å². The zero-order valence-corrected chi connectivity index (χ0v) is 12.8. The van der Waals surface area contributed by atoms with Gasteiger partial charge in [-0.1, -0.05) is 48.0 Å². The summed E-state index contributed by atoms with van der Waals surface area (Å²) in [6.07, 6.45) is 3.12. The molecule has 0 bridgehead atoms. The summed E-state index contributed by atoms with van der Waals surface area (Å²) in [7, 11) is 0. The van der Waals surface area contributed by atoms with Crippen molar-refractivity contribution >= 4 is 23.2 Å². The van der Waals surface area contributed by atoms with Gasteiger partial charge in [-0.15, -0.1) is 11.6 Å². The number of rotatable bonds is 7. The first-order chi connectivity index (χ1) is 9.81. The first-order valence-corrected chi connectivity index (χ1v) is 7.76. The van der Waals surface area contributed by atoms with Gasteiger partial charge in [-0.3, -0.25) is 0 Å². The van der Waals surface area contributed by atoms with Gasteiger partial charge in [0.25, 0.3) is 0 Å². The van der Waals surface area contributed by atoms with E-state index < -0.39 is 0 Å². The van der Waals surface area contributed by atoms with Crippen molar-refractivity contribution in [2.75, 3.05) is 12.5 Å². The molecule has 0 aliphatic heterocycles. The molecule has 0 aliphatic carbocycles. The van der Waals surface area contributed by atoms with Gasteiger partial charge in [0.15, 0.2) is 0 Å². The highest BCUT2D eigenvalue weighted by molar-refractivity contribution is 6.32. The van der Waals surface area contributed by atoms with Gasteiger partial charge in [-0.05, 0) is 42.5 Å². The van der Waals surface area contributed by atoms with Gasteiger partial charge in [0.2, 0.25) is 0 Å². The largest absolute Gasteiger partial charge is 0.492 e. The topological polar surface area (TPSA) is 9.23 Å². The molecule has 0 saturated heterocycles. The molecule has 2 rings (SSSR count). The number of hydrogen-bond donors (Lipinski definition) is 0. The highest BCUT2D eigenvalue weighted by atomic mass is 35.5. The molecule has 0 heterocycles. The van der Waals surface area contributed by atoms with Crippen molar-refractivity contribution in [3.05, 3.63) is 53.6 Å². The van der Waals surface area contributed by atoms with E-state index in [4.69, 9.17) is 27.9 Å². The predicted molar refractivity (Wildman–Crippen MR) is 87.0 cm³/mol. The Morgan fingerprint density at radius 1 is 0.850 bits per heavy atom. The number of unbranched alkanes of at least 4 members (excludes halogenated alkanes) is 2. The summed E-state index contributed by atoms with van der Waals surface area (Å²) < 4.78 is 5.70. The first-order valence-electron chi connectivity index (χ1n) is 6.85. The molecule has 0 aromatic heterocycles. The van der Waals surface area contributed by atoms with Gasteiger partial charge in [0, 0.05) is 5.88 Å². The van der Waals surface area contributed by atoms with Crippen LogP contribution in [0.25, 0.3) is 11.1 Å². The van der Waals surface area contributed by atoms with E-state index in [9.17, 15) is 0 Å². The third-order valence-corrected chi connectivity index (χ3v) is 3.64. The Kier molecular flexibility index (Phi) is 6.23. The van der Waals surface area contributed by atoms with E-state index in [2.05, 4.69) is 12.1 Å². The molecule has 1 nitrogen and oxygen atoms in total. The minimum Gasteiger partial charge on any atom is -0.492 e. The Morgan fingerprint density at radius 2 is 1.65 bits per heavy atom. The maximum Gasteiger partial charge on any atom is 0.137 e. The maximum absolute atomic E-state index is 6.27. The van der Waals surface area contributed by atoms with Gasteiger partial charge >= 0.3 is 0 Å². The summed E-state index contributed by atoms with van der Waals surface area (Å²) in [6, 6.07) is 16.1. The molecular weight excluding hydrogens is 291 g/mol. The van der Waals surface area contributed by atoms with Crippen LogP contribution < -0.4 is 4.74 Å². The minimum absolute atomic E-state index is 0.656. The van der Waals surface area contributed by atoms with E-state index in [0.29, 0.717) is 17.5 Å². The molecule has 0 atom stereocenters. The third-order valence-electron chi connectivity index (χ3n) is 3.07. The van der Waals surface area contributed by atoms with E-state index in [-0.39, 0.29) is 0 Å². The maximum atomic E-state index is 6.27. The number of benzene rings is 2. The molecular formula is C17H18Cl2O. The first kappa shape index (κ1) is 15.2. The van der Waals surface area contributed by atoms with Gasteiger partial charge < -0.3 is 4.74 Å². The standard InChI is InChI=1S/C17H18Cl2O/c18-11-5-2-6-12-20-17-10-9-15(13-16(17)19)14-7-3-1-4-8-14/h1,3-4,7-10,13H,2,5-6,11-12H2. The quantitative estimate of drug-likeness (QED) is 0.464. The molecule has 0 fully saturated rings. The van der Waals surface area contributed by atoms with Gasteiger partial charge in [0.05, 0.1) is 11.6 Å². The highest BCUT2D eigenvalue weighted by Gasteiger charge is 2.04. The summed E-state index contributed by atoms with van der Waals surface area (Å²) in [5, 5.41) is 0.656. The fourth-order valence-electron chi connectivity index (χ4n) is 1.98. The van der Waals surface area contributed by atoms with E-state index in [1.54, 1.807) is 0 Å². The molecule has 20 heavy (non-hydrogen) atoms. The Morgan fingerprint density at radius 3 is 2.35 bits per heavy atom. The SMILES string of the molecule is ClCCCCCOc1ccc(-c2ccccc2)cc1Cl. The Hall–Kier alpha value is -1.18. The average molecular weight is 309 g/mol. The van der Waals surface area contributed by atoms with Crippen molar-refractivity contribution in [1.29, 1.82) is 0 Å². The van der Waals surface area contributed by atoms with Crippen LogP contribution in [-0.2, 0) is 0 Å². The Labute approximate surface area is 130 Å². The number of halogens is 2. The summed E-state index contributed by atoms with van der Waals surface area (Å²) in [4.78, 5) is 0. The Bertz CT molecular complexity index is 526. The van der Waals surface area contributed by atoms with Gasteiger partial charge in [-0.25, -0.2) is 0 Å². The van der Waals surface area contributed by atoms with E-state index >= 15 is 0 Å². The molecule has 2 aromatic rings. The second-order valence-corrected chi connectivity index (χ2v) is 5.39. The molecule has 0 saturated carbocycles. The normalized spacial score (nSPS) is 10.5. The van der Waals surface area contributed by atoms with Crippen LogP contribution in [0.1, 0.15) is 19.3 Å². The molecule has 0 spiro atoms. The van der Waals surface area contributed by atoms with Crippen LogP contribution in [0, 0.1) is 0 Å². The molecule has 0 N–H and O–H groups in total. The fraction of sp³-hybridized carbons (Fsp3) is 0.294. The zero-order valence-electron chi connectivity index (χ0n) is 11.3. The minimum atomic E-state index is 0.656. The van der Waals surface area contributed by atoms with Crippen molar-refractivity contribution in [1.82, 2.24) is 0 Å². The van der Waals surface area contributed by atoms with Crippen LogP contribution in [0.4, 0.5) is 0 Å². The average Bonchev–Trinajstić information content (AvgIpc) is 2.49. The molecule has 0 radical (unpaired) electrons. The van der Waals surface area contributed by atoms with Crippen molar-refractivity contribution in [3.8, 4) is 16.9 Å². The third kappa shape index (κ3) is 4.43. The lowest BCUT2D eigenvalue weighted by molar-refractivity contribution is 0.306. The van der Waals surface area contributed by atoms with Crippen LogP contribution in [0.15, 0.2) is 48.5 Å². The van der Waals surface area contributed by atoms with Crippen LogP contribution in [0.3, 0.4) is 0 Å². The second kappa shape index (κ2) is 8.18. The molecule has 106 valence electrons. The number of alkyl halides is 1. The molecule has 0 unspecified atom stereocenters. The van der Waals surface area contributed by atoms with Crippen molar-refractivity contribution in [2.45, 2.75) is 19.3 Å². The molecule has 2 aromatic carbocycles. The van der Waals surface area contributed by atoms with Crippen molar-refractivity contribution in [3.63, 3.8) is 0 Å². The van der Waals surface area contributed by atoms with E-state index in [0.717, 1.165) is 36.1 Å². The monoisotopic (exact) mass is 308 g/mol. The smallest absolute Gasteiger partial charge is 0.137 e. The summed E-state index contributed by atoms with van der Waals surface area (Å²) in [5.74, 6) is 1.46. The van der Waals surface area contributed by atoms with Gasteiger partial charge in [0.1, 0.15) is 5.75 Å². The zero-order chi connectivity index (χ0) is 14.2. The molecule has 0 aliphatic rings. The lowest BCUT2D eigenvalue weighted by Gasteiger charge is -2.09. The number of hydrogen-bond acceptors (Lipinski definition) is 1. The fourth-order valence-corrected chi connectivity index (χ4v) is 2.41. The Balaban J connectivity index is 1.96.